The van der Waals surface area contributed by atoms with Gasteiger partial charge >= 0.3 is 5.97 Å². The van der Waals surface area contributed by atoms with Gasteiger partial charge in [0.05, 0.1) is 7.11 Å². The fraction of sp³-hybridized carbons (Fsp3) is 0.238. The normalized spacial score (nSPS) is 15.8. The van der Waals surface area contributed by atoms with E-state index in [0.29, 0.717) is 5.75 Å². The van der Waals surface area contributed by atoms with Crippen LogP contribution in [0.2, 0.25) is 0 Å². The number of methoxy groups -OCH3 is 1. The van der Waals surface area contributed by atoms with Gasteiger partial charge in [0.1, 0.15) is 5.75 Å². The molecule has 1 heterocycles. The highest BCUT2D eigenvalue weighted by Crippen LogP contribution is 2.31. The number of esters is 1. The highest BCUT2D eigenvalue weighted by atomic mass is 16.5. The van der Waals surface area contributed by atoms with Gasteiger partial charge < -0.3 is 14.4 Å². The molecule has 2 aromatic rings. The maximum Gasteiger partial charge on any atom is 0.331 e. The van der Waals surface area contributed by atoms with Gasteiger partial charge in [0.2, 0.25) is 0 Å². The Labute approximate surface area is 152 Å². The highest BCUT2D eigenvalue weighted by molar-refractivity contribution is 5.98. The number of amides is 1. The van der Waals surface area contributed by atoms with Crippen molar-refractivity contribution in [2.45, 2.75) is 19.4 Å². The van der Waals surface area contributed by atoms with Crippen molar-refractivity contribution >= 4 is 23.6 Å². The SMILES string of the molecule is COc1cccc(/C=C/C(=O)OCC(=O)N2c3ccccc3CC2C)c1. The molecule has 0 aromatic heterocycles. The molecule has 134 valence electrons. The maximum atomic E-state index is 12.5. The number of hydrogen-bond acceptors (Lipinski definition) is 4. The summed E-state index contributed by atoms with van der Waals surface area (Å²) in [7, 11) is 1.58. The van der Waals surface area contributed by atoms with Gasteiger partial charge in [-0.05, 0) is 48.7 Å². The van der Waals surface area contributed by atoms with Gasteiger partial charge in [0, 0.05) is 17.8 Å². The first kappa shape index (κ1) is 17.7. The summed E-state index contributed by atoms with van der Waals surface area (Å²) in [5.41, 5.74) is 2.85. The van der Waals surface area contributed by atoms with Gasteiger partial charge in [0.25, 0.3) is 5.91 Å². The predicted molar refractivity (Wildman–Crippen MR) is 100 cm³/mol. The molecule has 0 N–H and O–H groups in total. The monoisotopic (exact) mass is 351 g/mol. The molecule has 3 rings (SSSR count). The van der Waals surface area contributed by atoms with Crippen LogP contribution in [0.25, 0.3) is 6.08 Å². The molecule has 1 unspecified atom stereocenters. The Kier molecular flexibility index (Phi) is 5.37. The number of rotatable bonds is 5. The molecule has 1 amide bonds. The Morgan fingerprint density at radius 1 is 1.19 bits per heavy atom. The average Bonchev–Trinajstić information content (AvgIpc) is 3.00. The molecule has 0 saturated carbocycles. The summed E-state index contributed by atoms with van der Waals surface area (Å²) < 4.78 is 10.2. The zero-order valence-electron chi connectivity index (χ0n) is 14.8. The molecular formula is C21H21NO4. The van der Waals surface area contributed by atoms with Gasteiger partial charge in [-0.2, -0.15) is 0 Å². The van der Waals surface area contributed by atoms with Crippen LogP contribution in [0.5, 0.6) is 5.75 Å². The topological polar surface area (TPSA) is 55.8 Å². The van der Waals surface area contributed by atoms with E-state index >= 15 is 0 Å². The zero-order chi connectivity index (χ0) is 18.5. The summed E-state index contributed by atoms with van der Waals surface area (Å²) >= 11 is 0. The first-order valence-electron chi connectivity index (χ1n) is 8.47. The molecule has 2 aromatic carbocycles. The molecule has 1 aliphatic heterocycles. The maximum absolute atomic E-state index is 12.5. The molecule has 0 saturated heterocycles. The number of carbonyl (C=O) groups is 2. The number of fused-ring (bicyclic) bond motifs is 1. The molecule has 0 radical (unpaired) electrons. The summed E-state index contributed by atoms with van der Waals surface area (Å²) in [4.78, 5) is 26.1. The first-order chi connectivity index (χ1) is 12.6. The minimum atomic E-state index is -0.554. The van der Waals surface area contributed by atoms with Crippen molar-refractivity contribution in [2.24, 2.45) is 0 Å². The Morgan fingerprint density at radius 2 is 2.00 bits per heavy atom. The van der Waals surface area contributed by atoms with Crippen molar-refractivity contribution in [3.05, 3.63) is 65.7 Å². The number of carbonyl (C=O) groups excluding carboxylic acids is 2. The lowest BCUT2D eigenvalue weighted by Gasteiger charge is -2.22. The molecule has 26 heavy (non-hydrogen) atoms. The summed E-state index contributed by atoms with van der Waals surface area (Å²) in [6.45, 7) is 1.71. The van der Waals surface area contributed by atoms with Crippen molar-refractivity contribution in [3.63, 3.8) is 0 Å². The van der Waals surface area contributed by atoms with Crippen molar-refractivity contribution in [1.29, 1.82) is 0 Å². The predicted octanol–water partition coefficient (Wildman–Crippen LogP) is 3.23. The fourth-order valence-electron chi connectivity index (χ4n) is 3.11. The van der Waals surface area contributed by atoms with Crippen LogP contribution in [0.15, 0.2) is 54.6 Å². The summed E-state index contributed by atoms with van der Waals surface area (Å²) in [6, 6.07) is 15.2. The van der Waals surface area contributed by atoms with Crippen LogP contribution in [0, 0.1) is 0 Å². The van der Waals surface area contributed by atoms with Crippen LogP contribution >= 0.6 is 0 Å². The number of para-hydroxylation sites is 1. The van der Waals surface area contributed by atoms with Crippen LogP contribution in [0.4, 0.5) is 5.69 Å². The first-order valence-corrected chi connectivity index (χ1v) is 8.47. The van der Waals surface area contributed by atoms with Crippen LogP contribution in [0.1, 0.15) is 18.1 Å². The number of benzene rings is 2. The van der Waals surface area contributed by atoms with Crippen LogP contribution in [0.3, 0.4) is 0 Å². The molecule has 0 spiro atoms. The van der Waals surface area contributed by atoms with E-state index in [2.05, 4.69) is 0 Å². The quantitative estimate of drug-likeness (QED) is 0.613. The Morgan fingerprint density at radius 3 is 2.81 bits per heavy atom. The third-order valence-corrected chi connectivity index (χ3v) is 4.32. The smallest absolute Gasteiger partial charge is 0.331 e. The van der Waals surface area contributed by atoms with E-state index in [-0.39, 0.29) is 18.6 Å². The van der Waals surface area contributed by atoms with Crippen LogP contribution < -0.4 is 9.64 Å². The van der Waals surface area contributed by atoms with E-state index in [1.54, 1.807) is 24.2 Å². The number of anilines is 1. The third kappa shape index (κ3) is 3.94. The standard InChI is InChI=1S/C21H21NO4/c1-15-12-17-7-3-4-9-19(17)22(15)20(23)14-26-21(24)11-10-16-6-5-8-18(13-16)25-2/h3-11,13,15H,12,14H2,1-2H3/b11-10+. The zero-order valence-corrected chi connectivity index (χ0v) is 14.8. The molecule has 0 bridgehead atoms. The van der Waals surface area contributed by atoms with Crippen LogP contribution in [-0.2, 0) is 20.7 Å². The molecule has 0 aliphatic carbocycles. The van der Waals surface area contributed by atoms with E-state index < -0.39 is 5.97 Å². The fourth-order valence-corrected chi connectivity index (χ4v) is 3.11. The van der Waals surface area contributed by atoms with E-state index in [9.17, 15) is 9.59 Å². The van der Waals surface area contributed by atoms with Gasteiger partial charge in [-0.15, -0.1) is 0 Å². The van der Waals surface area contributed by atoms with Crippen molar-refractivity contribution in [3.8, 4) is 5.75 Å². The Bertz CT molecular complexity index is 843. The Hall–Kier alpha value is -3.08. The summed E-state index contributed by atoms with van der Waals surface area (Å²) in [6.07, 6.45) is 3.75. The summed E-state index contributed by atoms with van der Waals surface area (Å²) in [5.74, 6) is -0.0655. The molecular weight excluding hydrogens is 330 g/mol. The second-order valence-corrected chi connectivity index (χ2v) is 6.16. The minimum absolute atomic E-state index is 0.0610. The van der Waals surface area contributed by atoms with Crippen molar-refractivity contribution in [1.82, 2.24) is 0 Å². The lowest BCUT2D eigenvalue weighted by molar-refractivity contribution is -0.143. The second kappa shape index (κ2) is 7.87. The van der Waals surface area contributed by atoms with Gasteiger partial charge in [0.15, 0.2) is 6.61 Å². The lowest BCUT2D eigenvalue weighted by atomic mass is 10.1. The molecule has 5 heteroatoms. The van der Waals surface area contributed by atoms with Crippen molar-refractivity contribution in [2.75, 3.05) is 18.6 Å². The molecule has 5 nitrogen and oxygen atoms in total. The van der Waals surface area contributed by atoms with Crippen molar-refractivity contribution < 1.29 is 19.1 Å². The van der Waals surface area contributed by atoms with Crippen LogP contribution in [-0.4, -0.2) is 31.6 Å². The third-order valence-electron chi connectivity index (χ3n) is 4.32. The van der Waals surface area contributed by atoms with E-state index in [4.69, 9.17) is 9.47 Å². The average molecular weight is 351 g/mol. The minimum Gasteiger partial charge on any atom is -0.497 e. The van der Waals surface area contributed by atoms with E-state index in [1.807, 2.05) is 49.4 Å². The Balaban J connectivity index is 1.57. The number of nitrogens with zero attached hydrogens (tertiary/aromatic N) is 1. The van der Waals surface area contributed by atoms with Gasteiger partial charge in [-0.3, -0.25) is 4.79 Å². The molecule has 0 fully saturated rings. The largest absolute Gasteiger partial charge is 0.497 e. The molecule has 1 atom stereocenters. The summed E-state index contributed by atoms with van der Waals surface area (Å²) in [5, 5.41) is 0. The van der Waals surface area contributed by atoms with Gasteiger partial charge in [-0.25, -0.2) is 4.79 Å². The number of hydrogen-bond donors (Lipinski definition) is 0. The second-order valence-electron chi connectivity index (χ2n) is 6.16. The molecule has 1 aliphatic rings. The van der Waals surface area contributed by atoms with E-state index in [1.165, 1.54) is 6.08 Å². The lowest BCUT2D eigenvalue weighted by Crippen LogP contribution is -2.38. The van der Waals surface area contributed by atoms with Gasteiger partial charge in [-0.1, -0.05) is 30.3 Å². The van der Waals surface area contributed by atoms with E-state index in [0.717, 1.165) is 23.2 Å². The number of ether oxygens (including phenoxy) is 2. The highest BCUT2D eigenvalue weighted by Gasteiger charge is 2.30.